The minimum Gasteiger partial charge on any atom is -0.467 e. The Hall–Kier alpha value is -3.77. The normalized spacial score (nSPS) is 18.5. The highest BCUT2D eigenvalue weighted by molar-refractivity contribution is 5.91. The van der Waals surface area contributed by atoms with Gasteiger partial charge in [0.1, 0.15) is 30.3 Å². The number of methoxy groups -OCH3 is 1. The number of carbonyl (C=O) groups excluding carboxylic acids is 5. The van der Waals surface area contributed by atoms with Crippen molar-refractivity contribution in [3.63, 3.8) is 0 Å². The minimum absolute atomic E-state index is 0.0989. The standard InChI is InChI=1S/C29H40F2N4O7/c1-18(36)35-12-6-9-25(35)28(39)42-17-24(27(38)41-2)33-26(37)23(15-20-13-21(30)16-22(31)14-20)34-29(40)32-11-10-19-7-4-3-5-8-19/h13-14,16,19,23-25H,3-12,15,17H2,1-2H3,(H,33,37)(H2,32,34,40)/t23-,24-,25?/m0/s1. The van der Waals surface area contributed by atoms with E-state index in [4.69, 9.17) is 9.47 Å². The van der Waals surface area contributed by atoms with Crippen molar-refractivity contribution in [3.05, 3.63) is 35.4 Å². The Balaban J connectivity index is 1.66. The predicted molar refractivity (Wildman–Crippen MR) is 147 cm³/mol. The smallest absolute Gasteiger partial charge is 0.331 e. The molecule has 0 bridgehead atoms. The number of amides is 4. The summed E-state index contributed by atoms with van der Waals surface area (Å²) in [5.74, 6) is -3.99. The highest BCUT2D eigenvalue weighted by atomic mass is 19.1. The molecule has 2 fully saturated rings. The Kier molecular flexibility index (Phi) is 12.5. The first-order valence-corrected chi connectivity index (χ1v) is 14.4. The molecule has 42 heavy (non-hydrogen) atoms. The van der Waals surface area contributed by atoms with Crippen molar-refractivity contribution in [2.45, 2.75) is 82.8 Å². The van der Waals surface area contributed by atoms with Gasteiger partial charge < -0.3 is 30.3 Å². The van der Waals surface area contributed by atoms with Crippen molar-refractivity contribution >= 4 is 29.8 Å². The van der Waals surface area contributed by atoms with Gasteiger partial charge in [0.25, 0.3) is 0 Å². The molecule has 1 aromatic rings. The van der Waals surface area contributed by atoms with Gasteiger partial charge in [0.2, 0.25) is 11.8 Å². The summed E-state index contributed by atoms with van der Waals surface area (Å²) in [5, 5.41) is 7.65. The fourth-order valence-corrected chi connectivity index (χ4v) is 5.48. The summed E-state index contributed by atoms with van der Waals surface area (Å²) in [6.45, 7) is 1.54. The van der Waals surface area contributed by atoms with Gasteiger partial charge in [0, 0.05) is 32.5 Å². The van der Waals surface area contributed by atoms with E-state index in [9.17, 15) is 32.8 Å². The largest absolute Gasteiger partial charge is 0.467 e. The highest BCUT2D eigenvalue weighted by Crippen LogP contribution is 2.25. The molecule has 11 nitrogen and oxygen atoms in total. The molecule has 1 saturated heterocycles. The van der Waals surface area contributed by atoms with Crippen LogP contribution in [0.25, 0.3) is 0 Å². The number of benzene rings is 1. The van der Waals surface area contributed by atoms with E-state index in [0.29, 0.717) is 37.9 Å². The Labute approximate surface area is 244 Å². The number of carbonyl (C=O) groups is 5. The molecule has 4 amide bonds. The lowest BCUT2D eigenvalue weighted by Gasteiger charge is -2.25. The number of hydrogen-bond donors (Lipinski definition) is 3. The van der Waals surface area contributed by atoms with Crippen LogP contribution in [0, 0.1) is 17.6 Å². The van der Waals surface area contributed by atoms with Gasteiger partial charge in [0.05, 0.1) is 7.11 Å². The average molecular weight is 595 g/mol. The topological polar surface area (TPSA) is 143 Å². The zero-order valence-corrected chi connectivity index (χ0v) is 24.1. The molecular formula is C29H40F2N4O7. The van der Waals surface area contributed by atoms with Gasteiger partial charge in [0.15, 0.2) is 6.04 Å². The van der Waals surface area contributed by atoms with Crippen LogP contribution in [0.2, 0.25) is 0 Å². The number of esters is 2. The summed E-state index contributed by atoms with van der Waals surface area (Å²) >= 11 is 0. The van der Waals surface area contributed by atoms with Gasteiger partial charge in [-0.2, -0.15) is 0 Å². The van der Waals surface area contributed by atoms with Crippen LogP contribution >= 0.6 is 0 Å². The Bertz CT molecular complexity index is 1110. The molecule has 1 saturated carbocycles. The molecule has 3 N–H and O–H groups in total. The number of urea groups is 1. The maximum atomic E-state index is 13.9. The second kappa shape index (κ2) is 16.0. The van der Waals surface area contributed by atoms with Crippen LogP contribution in [-0.4, -0.2) is 79.6 Å². The van der Waals surface area contributed by atoms with Crippen molar-refractivity contribution < 1.29 is 42.2 Å². The summed E-state index contributed by atoms with van der Waals surface area (Å²) in [6, 6.07) is -1.49. The molecule has 3 atom stereocenters. The molecular weight excluding hydrogens is 554 g/mol. The Morgan fingerprint density at radius 2 is 1.64 bits per heavy atom. The first-order chi connectivity index (χ1) is 20.1. The highest BCUT2D eigenvalue weighted by Gasteiger charge is 2.35. The first-order valence-electron chi connectivity index (χ1n) is 14.4. The zero-order valence-electron chi connectivity index (χ0n) is 24.1. The zero-order chi connectivity index (χ0) is 30.6. The second-order valence-electron chi connectivity index (χ2n) is 10.8. The lowest BCUT2D eigenvalue weighted by molar-refractivity contribution is -0.157. The maximum Gasteiger partial charge on any atom is 0.331 e. The second-order valence-corrected chi connectivity index (χ2v) is 10.8. The van der Waals surface area contributed by atoms with Gasteiger partial charge in [-0.25, -0.2) is 23.2 Å². The van der Waals surface area contributed by atoms with Crippen molar-refractivity contribution in [3.8, 4) is 0 Å². The molecule has 13 heteroatoms. The molecule has 1 aliphatic heterocycles. The van der Waals surface area contributed by atoms with Gasteiger partial charge >= 0.3 is 18.0 Å². The van der Waals surface area contributed by atoms with E-state index in [2.05, 4.69) is 16.0 Å². The van der Waals surface area contributed by atoms with E-state index in [0.717, 1.165) is 51.3 Å². The molecule has 1 unspecified atom stereocenters. The van der Waals surface area contributed by atoms with Crippen LogP contribution in [0.3, 0.4) is 0 Å². The summed E-state index contributed by atoms with van der Waals surface area (Å²) in [5.41, 5.74) is 0.0989. The van der Waals surface area contributed by atoms with Crippen LogP contribution < -0.4 is 16.0 Å². The van der Waals surface area contributed by atoms with Crippen LogP contribution in [0.1, 0.15) is 63.9 Å². The quantitative estimate of drug-likeness (QED) is 0.315. The lowest BCUT2D eigenvalue weighted by Crippen LogP contribution is -2.56. The molecule has 0 aromatic heterocycles. The SMILES string of the molecule is COC(=O)[C@H](COC(=O)C1CCCN1C(C)=O)NC(=O)[C@H](Cc1cc(F)cc(F)c1)NC(=O)NCCC1CCCCC1. The van der Waals surface area contributed by atoms with Gasteiger partial charge in [-0.15, -0.1) is 0 Å². The summed E-state index contributed by atoms with van der Waals surface area (Å²) in [7, 11) is 1.09. The van der Waals surface area contributed by atoms with Crippen molar-refractivity contribution in [2.75, 3.05) is 26.8 Å². The van der Waals surface area contributed by atoms with Crippen molar-refractivity contribution in [2.24, 2.45) is 5.92 Å². The number of ether oxygens (including phenoxy) is 2. The minimum atomic E-state index is -1.44. The van der Waals surface area contributed by atoms with Crippen molar-refractivity contribution in [1.82, 2.24) is 20.9 Å². The van der Waals surface area contributed by atoms with E-state index >= 15 is 0 Å². The lowest BCUT2D eigenvalue weighted by atomic mass is 9.87. The van der Waals surface area contributed by atoms with E-state index in [1.54, 1.807) is 0 Å². The molecule has 1 heterocycles. The molecule has 1 aromatic carbocycles. The summed E-state index contributed by atoms with van der Waals surface area (Å²) in [4.78, 5) is 64.3. The van der Waals surface area contributed by atoms with E-state index < -0.39 is 60.2 Å². The first kappa shape index (κ1) is 32.7. The maximum absolute atomic E-state index is 13.9. The third-order valence-corrected chi connectivity index (χ3v) is 7.67. The van der Waals surface area contributed by atoms with Gasteiger partial charge in [-0.05, 0) is 42.9 Å². The number of rotatable bonds is 12. The molecule has 2 aliphatic rings. The third kappa shape index (κ3) is 9.95. The average Bonchev–Trinajstić information content (AvgIpc) is 3.45. The number of nitrogens with one attached hydrogen (secondary N) is 3. The van der Waals surface area contributed by atoms with Crippen LogP contribution in [-0.2, 0) is 35.1 Å². The van der Waals surface area contributed by atoms with E-state index in [1.165, 1.54) is 18.2 Å². The van der Waals surface area contributed by atoms with Crippen LogP contribution in [0.5, 0.6) is 0 Å². The van der Waals surface area contributed by atoms with Crippen LogP contribution in [0.4, 0.5) is 13.6 Å². The monoisotopic (exact) mass is 594 g/mol. The van der Waals surface area contributed by atoms with E-state index in [1.807, 2.05) is 0 Å². The Morgan fingerprint density at radius 3 is 2.29 bits per heavy atom. The summed E-state index contributed by atoms with van der Waals surface area (Å²) < 4.78 is 37.7. The number of likely N-dealkylation sites (tertiary alicyclic amines) is 1. The van der Waals surface area contributed by atoms with Crippen LogP contribution in [0.15, 0.2) is 18.2 Å². The van der Waals surface area contributed by atoms with Gasteiger partial charge in [-0.3, -0.25) is 9.59 Å². The fourth-order valence-electron chi connectivity index (χ4n) is 5.48. The molecule has 1 aliphatic carbocycles. The van der Waals surface area contributed by atoms with Gasteiger partial charge in [-0.1, -0.05) is 32.1 Å². The van der Waals surface area contributed by atoms with Crippen molar-refractivity contribution in [1.29, 1.82) is 0 Å². The number of halogens is 2. The molecule has 0 spiro atoms. The summed E-state index contributed by atoms with van der Waals surface area (Å²) in [6.07, 6.45) is 7.26. The molecule has 0 radical (unpaired) electrons. The predicted octanol–water partition coefficient (Wildman–Crippen LogP) is 2.36. The third-order valence-electron chi connectivity index (χ3n) is 7.67. The Morgan fingerprint density at radius 1 is 0.952 bits per heavy atom. The molecule has 232 valence electrons. The van der Waals surface area contributed by atoms with E-state index in [-0.39, 0.29) is 17.9 Å². The number of nitrogens with zero attached hydrogens (tertiary/aromatic N) is 1. The number of hydrogen-bond acceptors (Lipinski definition) is 7. The fraction of sp³-hybridized carbons (Fsp3) is 0.621. The molecule has 3 rings (SSSR count).